The predicted octanol–water partition coefficient (Wildman–Crippen LogP) is 0.974. The average Bonchev–Trinajstić information content (AvgIpc) is 3.38. The van der Waals surface area contributed by atoms with Crippen molar-refractivity contribution in [1.82, 2.24) is 9.13 Å². The zero-order chi connectivity index (χ0) is 15.9. The van der Waals surface area contributed by atoms with Crippen molar-refractivity contribution < 1.29 is 9.15 Å². The van der Waals surface area contributed by atoms with Crippen molar-refractivity contribution in [2.45, 2.75) is 18.8 Å². The van der Waals surface area contributed by atoms with E-state index >= 15 is 0 Å². The van der Waals surface area contributed by atoms with Gasteiger partial charge in [-0.3, -0.25) is 0 Å². The Morgan fingerprint density at radius 3 is 2.52 bits per heavy atom. The lowest BCUT2D eigenvalue weighted by Gasteiger charge is -2.37. The molecule has 0 N–H and O–H groups in total. The summed E-state index contributed by atoms with van der Waals surface area (Å²) in [5.41, 5.74) is 8.01. The minimum absolute atomic E-state index is 0.370. The van der Waals surface area contributed by atoms with Gasteiger partial charge in [0, 0.05) is 49.3 Å². The van der Waals surface area contributed by atoms with E-state index in [1.54, 1.807) is 0 Å². The minimum Gasteiger partial charge on any atom is -0.199 e. The lowest BCUT2D eigenvalue weighted by Crippen LogP contribution is -2.69. The Morgan fingerprint density at radius 2 is 1.60 bits per heavy atom. The van der Waals surface area contributed by atoms with E-state index in [4.69, 9.17) is 0 Å². The highest BCUT2D eigenvalue weighted by Crippen LogP contribution is 2.45. The molecule has 0 aromatic carbocycles. The molecule has 0 bridgehead atoms. The number of aromatic nitrogens is 2. The molecular weight excluding hydrogens is 308 g/mol. The van der Waals surface area contributed by atoms with E-state index in [9.17, 15) is 0 Å². The Kier molecular flexibility index (Phi) is 1.45. The lowest BCUT2D eigenvalue weighted by molar-refractivity contribution is -0.835. The summed E-state index contributed by atoms with van der Waals surface area (Å²) in [5, 5.41) is 2.58. The van der Waals surface area contributed by atoms with Crippen molar-refractivity contribution in [2.24, 2.45) is 0 Å². The molecule has 2 aromatic rings. The summed E-state index contributed by atoms with van der Waals surface area (Å²) in [6.07, 6.45) is 16.1. The third kappa shape index (κ3) is 0.940. The van der Waals surface area contributed by atoms with Gasteiger partial charge < -0.3 is 0 Å². The van der Waals surface area contributed by atoms with Crippen molar-refractivity contribution in [3.05, 3.63) is 69.9 Å². The molecule has 0 saturated carbocycles. The molecule has 1 spiro atoms. The van der Waals surface area contributed by atoms with Gasteiger partial charge in [-0.15, -0.1) is 0 Å². The number of allylic oxidation sites excluding steroid dienone is 3. The van der Waals surface area contributed by atoms with Crippen LogP contribution >= 0.6 is 0 Å². The van der Waals surface area contributed by atoms with Gasteiger partial charge in [0.25, 0.3) is 0 Å². The van der Waals surface area contributed by atoms with E-state index < -0.39 is 0 Å². The van der Waals surface area contributed by atoms with E-state index in [2.05, 4.69) is 79.0 Å². The Bertz CT molecular complexity index is 1380. The summed E-state index contributed by atoms with van der Waals surface area (Å²) in [4.78, 5) is 0. The van der Waals surface area contributed by atoms with E-state index in [1.807, 2.05) is 0 Å². The normalized spacial score (nSPS) is 27.7. The highest BCUT2D eigenvalue weighted by molar-refractivity contribution is 6.16. The second kappa shape index (κ2) is 3.18. The van der Waals surface area contributed by atoms with Gasteiger partial charge in [0.05, 0.1) is 22.1 Å². The fourth-order valence-corrected chi connectivity index (χ4v) is 5.69. The third-order valence-electron chi connectivity index (χ3n) is 6.46. The smallest absolute Gasteiger partial charge is 0.199 e. The molecule has 116 valence electrons. The summed E-state index contributed by atoms with van der Waals surface area (Å²) >= 11 is 0. The maximum absolute atomic E-state index is 2.59. The van der Waals surface area contributed by atoms with Crippen molar-refractivity contribution in [1.29, 1.82) is 0 Å². The Labute approximate surface area is 143 Å². The van der Waals surface area contributed by atoms with Crippen LogP contribution in [0.1, 0.15) is 24.2 Å². The molecule has 0 saturated heterocycles. The number of hydrogen-bond acceptors (Lipinski definition) is 0. The Hall–Kier alpha value is -3.14. The Morgan fingerprint density at radius 1 is 0.760 bits per heavy atom. The summed E-state index contributed by atoms with van der Waals surface area (Å²) in [6.45, 7) is 0. The zero-order valence-electron chi connectivity index (χ0n) is 13.5. The second-order valence-corrected chi connectivity index (χ2v) is 7.55. The molecule has 8 rings (SSSR count). The van der Waals surface area contributed by atoms with Crippen LogP contribution in [0, 0.1) is 0 Å². The minimum atomic E-state index is -0.370. The molecule has 8 heterocycles. The van der Waals surface area contributed by atoms with Gasteiger partial charge >= 0.3 is 5.91 Å². The number of hydrogen-bond donors (Lipinski definition) is 0. The van der Waals surface area contributed by atoms with E-state index in [0.717, 1.165) is 12.8 Å². The van der Waals surface area contributed by atoms with E-state index in [-0.39, 0.29) is 5.91 Å². The second-order valence-electron chi connectivity index (χ2n) is 7.55. The molecule has 2 aromatic heterocycles. The van der Waals surface area contributed by atoms with Crippen LogP contribution < -0.4 is 10.7 Å². The van der Waals surface area contributed by atoms with Crippen LogP contribution in [0.4, 0.5) is 0 Å². The molecule has 0 aliphatic carbocycles. The maximum atomic E-state index is 2.59. The first-order chi connectivity index (χ1) is 12.4. The molecule has 0 radical (unpaired) electrons. The SMILES string of the molecule is C1=CC2=[N+]3C1=Cc1ccc4n1C31n3c(ccc3=CC3=[N+]1C(=C4)CC3)=C2. The first-order valence-corrected chi connectivity index (χ1v) is 8.93. The molecule has 6 aliphatic rings. The Balaban J connectivity index is 1.76. The highest BCUT2D eigenvalue weighted by atomic mass is 15.6. The fourth-order valence-electron chi connectivity index (χ4n) is 5.69. The van der Waals surface area contributed by atoms with Crippen LogP contribution in [0.15, 0.2) is 47.8 Å². The molecule has 1 atom stereocenters. The third-order valence-corrected chi connectivity index (χ3v) is 6.46. The van der Waals surface area contributed by atoms with Crippen molar-refractivity contribution >= 4 is 35.7 Å². The molecule has 6 aliphatic heterocycles. The topological polar surface area (TPSA) is 15.9 Å². The summed E-state index contributed by atoms with van der Waals surface area (Å²) in [5.74, 6) is -0.370. The van der Waals surface area contributed by atoms with Crippen molar-refractivity contribution in [3.8, 4) is 0 Å². The first kappa shape index (κ1) is 11.4. The summed E-state index contributed by atoms with van der Waals surface area (Å²) in [7, 11) is 0. The predicted molar refractivity (Wildman–Crippen MR) is 95.3 cm³/mol. The van der Waals surface area contributed by atoms with Crippen LogP contribution in [0.2, 0.25) is 0 Å². The van der Waals surface area contributed by atoms with Gasteiger partial charge in [-0.2, -0.15) is 9.13 Å². The monoisotopic (exact) mass is 322 g/mol. The van der Waals surface area contributed by atoms with Gasteiger partial charge in [-0.1, -0.05) is 9.15 Å². The molecule has 0 amide bonds. The standard InChI is InChI=1S/C21H14N4/c1-2-14-10-16-5-6-18-12-20-8-7-19-11-17-4-3-15-9-13(1)22(14)21(23(15)17,24(16)18)25(19)20/h1-6,9-12H,7-8H2/q+2. The van der Waals surface area contributed by atoms with Crippen molar-refractivity contribution in [2.75, 3.05) is 0 Å². The number of nitrogens with zero attached hydrogens (tertiary/aromatic N) is 4. The van der Waals surface area contributed by atoms with Gasteiger partial charge in [-0.05, 0) is 24.3 Å². The van der Waals surface area contributed by atoms with Gasteiger partial charge in [0.15, 0.2) is 11.4 Å². The molecule has 1 unspecified atom stereocenters. The van der Waals surface area contributed by atoms with Crippen molar-refractivity contribution in [3.63, 3.8) is 0 Å². The zero-order valence-corrected chi connectivity index (χ0v) is 13.5. The quantitative estimate of drug-likeness (QED) is 0.643. The van der Waals surface area contributed by atoms with Crippen LogP contribution in [0.3, 0.4) is 0 Å². The van der Waals surface area contributed by atoms with Crippen LogP contribution in [0.5, 0.6) is 0 Å². The van der Waals surface area contributed by atoms with E-state index in [0.29, 0.717) is 0 Å². The largest absolute Gasteiger partial charge is 0.553 e. The molecule has 0 fully saturated rings. The molecular formula is C21H14N4+2. The fraction of sp³-hybridized carbons (Fsp3) is 0.143. The molecule has 25 heavy (non-hydrogen) atoms. The maximum Gasteiger partial charge on any atom is 0.553 e. The van der Waals surface area contributed by atoms with Crippen LogP contribution in [0.25, 0.3) is 24.3 Å². The lowest BCUT2D eigenvalue weighted by atomic mass is 10.1. The number of rotatable bonds is 0. The van der Waals surface area contributed by atoms with Crippen LogP contribution in [-0.2, 0) is 5.91 Å². The summed E-state index contributed by atoms with van der Waals surface area (Å²) in [6, 6.07) is 9.07. The van der Waals surface area contributed by atoms with Gasteiger partial charge in [0.1, 0.15) is 0 Å². The van der Waals surface area contributed by atoms with Gasteiger partial charge in [-0.25, -0.2) is 0 Å². The van der Waals surface area contributed by atoms with Crippen LogP contribution in [-0.4, -0.2) is 29.7 Å². The van der Waals surface area contributed by atoms with E-state index in [1.165, 1.54) is 44.9 Å². The molecule has 4 nitrogen and oxygen atoms in total. The van der Waals surface area contributed by atoms with Gasteiger partial charge in [0.2, 0.25) is 11.4 Å². The molecule has 4 heteroatoms. The average molecular weight is 322 g/mol. The summed E-state index contributed by atoms with van der Waals surface area (Å²) < 4.78 is 10.1. The first-order valence-electron chi connectivity index (χ1n) is 8.93. The highest BCUT2D eigenvalue weighted by Gasteiger charge is 2.69.